The highest BCUT2D eigenvalue weighted by molar-refractivity contribution is 5.69. The van der Waals surface area contributed by atoms with E-state index in [1.165, 1.54) is 25.6 Å². The van der Waals surface area contributed by atoms with Crippen LogP contribution in [0.3, 0.4) is 0 Å². The number of halogens is 2. The van der Waals surface area contributed by atoms with Crippen molar-refractivity contribution in [3.63, 3.8) is 0 Å². The molecule has 22 heavy (non-hydrogen) atoms. The Morgan fingerprint density at radius 1 is 1.14 bits per heavy atom. The molecule has 0 aliphatic heterocycles. The molecular formula is C15H12F2N4O. The van der Waals surface area contributed by atoms with Gasteiger partial charge in [0, 0.05) is 17.8 Å². The molecule has 0 aliphatic rings. The van der Waals surface area contributed by atoms with Crippen LogP contribution >= 0.6 is 0 Å². The van der Waals surface area contributed by atoms with E-state index in [0.29, 0.717) is 23.6 Å². The number of methoxy groups -OCH3 is 1. The van der Waals surface area contributed by atoms with Crippen molar-refractivity contribution in [1.82, 2.24) is 19.7 Å². The minimum Gasteiger partial charge on any atom is -0.481 e. The molecule has 112 valence electrons. The van der Waals surface area contributed by atoms with Gasteiger partial charge in [0.1, 0.15) is 24.3 Å². The molecule has 0 saturated heterocycles. The van der Waals surface area contributed by atoms with Crippen molar-refractivity contribution >= 4 is 0 Å². The number of aromatic nitrogens is 4. The van der Waals surface area contributed by atoms with Gasteiger partial charge in [0.25, 0.3) is 0 Å². The Bertz CT molecular complexity index is 770. The van der Waals surface area contributed by atoms with Crippen LogP contribution < -0.4 is 4.74 Å². The van der Waals surface area contributed by atoms with Crippen molar-refractivity contribution in [2.45, 2.75) is 6.54 Å². The summed E-state index contributed by atoms with van der Waals surface area (Å²) in [5.41, 5.74) is 1.69. The van der Waals surface area contributed by atoms with E-state index in [1.807, 2.05) is 0 Å². The first-order valence-corrected chi connectivity index (χ1v) is 6.47. The van der Waals surface area contributed by atoms with Gasteiger partial charge in [0.15, 0.2) is 0 Å². The molecule has 1 aromatic carbocycles. The van der Waals surface area contributed by atoms with Gasteiger partial charge < -0.3 is 4.74 Å². The molecule has 0 spiro atoms. The molecule has 0 N–H and O–H groups in total. The van der Waals surface area contributed by atoms with Gasteiger partial charge in [-0.1, -0.05) is 0 Å². The number of benzene rings is 1. The van der Waals surface area contributed by atoms with Gasteiger partial charge >= 0.3 is 0 Å². The number of pyridine rings is 1. The first-order chi connectivity index (χ1) is 10.7. The van der Waals surface area contributed by atoms with Crippen molar-refractivity contribution in [2.24, 2.45) is 0 Å². The van der Waals surface area contributed by atoms with Crippen LogP contribution in [0, 0.1) is 11.6 Å². The van der Waals surface area contributed by atoms with E-state index >= 15 is 0 Å². The average molecular weight is 302 g/mol. The lowest BCUT2D eigenvalue weighted by Gasteiger charge is -2.10. The number of ether oxygens (including phenoxy) is 1. The molecule has 0 amide bonds. The molecule has 0 unspecified atom stereocenters. The second-order valence-electron chi connectivity index (χ2n) is 4.65. The van der Waals surface area contributed by atoms with E-state index in [-0.39, 0.29) is 0 Å². The lowest BCUT2D eigenvalue weighted by molar-refractivity contribution is 0.399. The summed E-state index contributed by atoms with van der Waals surface area (Å²) in [4.78, 5) is 8.05. The molecule has 0 radical (unpaired) electrons. The smallest absolute Gasteiger partial charge is 0.221 e. The van der Waals surface area contributed by atoms with Gasteiger partial charge in [-0.2, -0.15) is 5.10 Å². The predicted molar refractivity (Wildman–Crippen MR) is 75.3 cm³/mol. The van der Waals surface area contributed by atoms with Gasteiger partial charge in [0.2, 0.25) is 5.88 Å². The van der Waals surface area contributed by atoms with Crippen LogP contribution in [0.2, 0.25) is 0 Å². The van der Waals surface area contributed by atoms with Crippen molar-refractivity contribution in [2.75, 3.05) is 7.11 Å². The van der Waals surface area contributed by atoms with Crippen LogP contribution in [0.15, 0.2) is 43.1 Å². The second-order valence-corrected chi connectivity index (χ2v) is 4.65. The fourth-order valence-corrected chi connectivity index (χ4v) is 2.16. The number of hydrogen-bond donors (Lipinski definition) is 0. The third-order valence-corrected chi connectivity index (χ3v) is 3.09. The summed E-state index contributed by atoms with van der Waals surface area (Å²) in [6.45, 7) is 0.446. The lowest BCUT2D eigenvalue weighted by atomic mass is 10.0. The van der Waals surface area contributed by atoms with E-state index in [0.717, 1.165) is 11.6 Å². The summed E-state index contributed by atoms with van der Waals surface area (Å²) in [6.07, 6.45) is 4.63. The Hall–Kier alpha value is -2.83. The third kappa shape index (κ3) is 2.93. The predicted octanol–water partition coefficient (Wildman–Crippen LogP) is 2.68. The Kier molecular flexibility index (Phi) is 3.78. The highest BCUT2D eigenvalue weighted by Gasteiger charge is 2.11. The van der Waals surface area contributed by atoms with E-state index in [1.54, 1.807) is 23.3 Å². The number of hydrogen-bond acceptors (Lipinski definition) is 4. The van der Waals surface area contributed by atoms with Gasteiger partial charge in [-0.25, -0.2) is 23.4 Å². The first-order valence-electron chi connectivity index (χ1n) is 6.47. The average Bonchev–Trinajstić information content (AvgIpc) is 2.99. The fourth-order valence-electron chi connectivity index (χ4n) is 2.16. The number of nitrogens with zero attached hydrogens (tertiary/aromatic N) is 4. The quantitative estimate of drug-likeness (QED) is 0.743. The van der Waals surface area contributed by atoms with Crippen molar-refractivity contribution in [1.29, 1.82) is 0 Å². The highest BCUT2D eigenvalue weighted by atomic mass is 19.1. The van der Waals surface area contributed by atoms with Crippen LogP contribution in [0.4, 0.5) is 8.78 Å². The van der Waals surface area contributed by atoms with Crippen molar-refractivity contribution in [3.8, 4) is 17.0 Å². The Balaban J connectivity index is 2.04. The Morgan fingerprint density at radius 3 is 2.55 bits per heavy atom. The van der Waals surface area contributed by atoms with Gasteiger partial charge in [-0.15, -0.1) is 0 Å². The molecule has 3 rings (SSSR count). The maximum Gasteiger partial charge on any atom is 0.221 e. The Morgan fingerprint density at radius 2 is 1.91 bits per heavy atom. The van der Waals surface area contributed by atoms with Crippen LogP contribution in [0.1, 0.15) is 5.56 Å². The molecule has 0 bridgehead atoms. The van der Waals surface area contributed by atoms with E-state index in [4.69, 9.17) is 4.74 Å². The summed E-state index contributed by atoms with van der Waals surface area (Å²) in [6, 6.07) is 5.06. The van der Waals surface area contributed by atoms with E-state index in [2.05, 4.69) is 15.1 Å². The second kappa shape index (κ2) is 5.88. The van der Waals surface area contributed by atoms with E-state index < -0.39 is 11.6 Å². The van der Waals surface area contributed by atoms with Gasteiger partial charge in [-0.05, 0) is 29.3 Å². The zero-order chi connectivity index (χ0) is 15.5. The maximum absolute atomic E-state index is 13.4. The Labute approximate surface area is 125 Å². The molecule has 5 nitrogen and oxygen atoms in total. The molecule has 2 heterocycles. The largest absolute Gasteiger partial charge is 0.481 e. The van der Waals surface area contributed by atoms with Crippen LogP contribution in [0.5, 0.6) is 5.88 Å². The number of rotatable bonds is 4. The molecule has 0 aliphatic carbocycles. The summed E-state index contributed by atoms with van der Waals surface area (Å²) < 4.78 is 33.7. The summed E-state index contributed by atoms with van der Waals surface area (Å²) in [5.74, 6) is -1.01. The molecular weight excluding hydrogens is 290 g/mol. The molecule has 0 saturated carbocycles. The summed E-state index contributed by atoms with van der Waals surface area (Å²) >= 11 is 0. The van der Waals surface area contributed by atoms with Gasteiger partial charge in [0.05, 0.1) is 13.7 Å². The zero-order valence-corrected chi connectivity index (χ0v) is 11.7. The van der Waals surface area contributed by atoms with E-state index in [9.17, 15) is 8.78 Å². The third-order valence-electron chi connectivity index (χ3n) is 3.09. The van der Waals surface area contributed by atoms with Gasteiger partial charge in [-0.3, -0.25) is 0 Å². The standard InChI is InChI=1S/C15H12F2N4O/c1-22-15-14(11-3-12(16)5-13(17)4-11)2-10(6-19-15)7-21-9-18-8-20-21/h2-6,8-9H,7H2,1H3. The first kappa shape index (κ1) is 14.1. The minimum absolute atomic E-state index is 0.298. The maximum atomic E-state index is 13.4. The topological polar surface area (TPSA) is 52.8 Å². The van der Waals surface area contributed by atoms with Crippen molar-refractivity contribution in [3.05, 3.63) is 60.3 Å². The molecule has 2 aromatic heterocycles. The summed E-state index contributed by atoms with van der Waals surface area (Å²) in [7, 11) is 1.46. The molecule has 7 heteroatoms. The summed E-state index contributed by atoms with van der Waals surface area (Å²) in [5, 5.41) is 4.01. The lowest BCUT2D eigenvalue weighted by Crippen LogP contribution is -2.02. The van der Waals surface area contributed by atoms with Crippen LogP contribution in [0.25, 0.3) is 11.1 Å². The molecule has 0 fully saturated rings. The monoisotopic (exact) mass is 302 g/mol. The molecule has 0 atom stereocenters. The van der Waals surface area contributed by atoms with Crippen molar-refractivity contribution < 1.29 is 13.5 Å². The SMILES string of the molecule is COc1ncc(Cn2cncn2)cc1-c1cc(F)cc(F)c1. The zero-order valence-electron chi connectivity index (χ0n) is 11.7. The minimum atomic E-state index is -0.654. The highest BCUT2D eigenvalue weighted by Crippen LogP contribution is 2.30. The fraction of sp³-hybridized carbons (Fsp3) is 0.133. The normalized spacial score (nSPS) is 10.7. The van der Waals surface area contributed by atoms with Crippen LogP contribution in [-0.2, 0) is 6.54 Å². The molecule has 3 aromatic rings. The van der Waals surface area contributed by atoms with Crippen LogP contribution in [-0.4, -0.2) is 26.9 Å².